The first kappa shape index (κ1) is 18.3. The van der Waals surface area contributed by atoms with Crippen LogP contribution < -0.4 is 0 Å². The van der Waals surface area contributed by atoms with Crippen LogP contribution in [0.4, 0.5) is 0 Å². The quantitative estimate of drug-likeness (QED) is 0.293. The molecule has 0 heterocycles. The van der Waals surface area contributed by atoms with E-state index in [1.165, 1.54) is 6.21 Å². The molecule has 0 spiro atoms. The molecule has 0 unspecified atom stereocenters. The number of fused-ring (bicyclic) bond motifs is 1. The van der Waals surface area contributed by atoms with Gasteiger partial charge in [0.2, 0.25) is 5.78 Å². The Bertz CT molecular complexity index is 1210. The van der Waals surface area contributed by atoms with Crippen molar-refractivity contribution >= 4 is 28.5 Å². The maximum Gasteiger partial charge on any atom is 0.213 e. The minimum absolute atomic E-state index is 0.110. The van der Waals surface area contributed by atoms with Crippen LogP contribution in [0.1, 0.15) is 21.5 Å². The minimum atomic E-state index is -0.212. The highest BCUT2D eigenvalue weighted by Crippen LogP contribution is 2.25. The van der Waals surface area contributed by atoms with Gasteiger partial charge in [0.1, 0.15) is 11.5 Å². The number of Topliss-reactive ketones (excluding diaryl/α,β-unsaturated/α-hetero) is 1. The molecular formula is C25H18N2O2. The van der Waals surface area contributed by atoms with Gasteiger partial charge in [-0.2, -0.15) is 5.10 Å². The molecule has 0 aromatic heterocycles. The molecule has 140 valence electrons. The van der Waals surface area contributed by atoms with Crippen LogP contribution in [0.2, 0.25) is 0 Å². The molecule has 29 heavy (non-hydrogen) atoms. The Balaban J connectivity index is 1.77. The average molecular weight is 378 g/mol. The van der Waals surface area contributed by atoms with Crippen molar-refractivity contribution in [1.82, 2.24) is 0 Å². The van der Waals surface area contributed by atoms with Gasteiger partial charge in [-0.25, -0.2) is 0 Å². The zero-order chi connectivity index (χ0) is 20.1. The lowest BCUT2D eigenvalue weighted by Crippen LogP contribution is -2.15. The summed E-state index contributed by atoms with van der Waals surface area (Å²) in [4.78, 5) is 13.0. The maximum absolute atomic E-state index is 13.0. The van der Waals surface area contributed by atoms with Crippen molar-refractivity contribution in [2.45, 2.75) is 0 Å². The number of benzene rings is 4. The Morgan fingerprint density at radius 1 is 0.724 bits per heavy atom. The fraction of sp³-hybridized carbons (Fsp3) is 0. The van der Waals surface area contributed by atoms with E-state index >= 15 is 0 Å². The second-order valence-electron chi connectivity index (χ2n) is 6.47. The summed E-state index contributed by atoms with van der Waals surface area (Å²) in [5, 5.41) is 20.5. The highest BCUT2D eigenvalue weighted by Gasteiger charge is 2.16. The Morgan fingerprint density at radius 2 is 1.34 bits per heavy atom. The van der Waals surface area contributed by atoms with Crippen LogP contribution in [-0.4, -0.2) is 22.8 Å². The minimum Gasteiger partial charge on any atom is -0.507 e. The van der Waals surface area contributed by atoms with Crippen molar-refractivity contribution in [2.24, 2.45) is 10.2 Å². The third kappa shape index (κ3) is 3.96. The molecule has 4 aromatic rings. The van der Waals surface area contributed by atoms with Crippen LogP contribution >= 0.6 is 0 Å². The number of rotatable bonds is 5. The Kier molecular flexibility index (Phi) is 5.25. The summed E-state index contributed by atoms with van der Waals surface area (Å²) >= 11 is 0. The number of ketones is 1. The summed E-state index contributed by atoms with van der Waals surface area (Å²) < 4.78 is 0. The summed E-state index contributed by atoms with van der Waals surface area (Å²) in [5.41, 5.74) is 2.03. The lowest BCUT2D eigenvalue weighted by Gasteiger charge is -2.05. The number of phenolic OH excluding ortho intramolecular Hbond substituents is 1. The van der Waals surface area contributed by atoms with Crippen molar-refractivity contribution in [3.8, 4) is 5.75 Å². The van der Waals surface area contributed by atoms with E-state index in [2.05, 4.69) is 10.2 Å². The smallest absolute Gasteiger partial charge is 0.213 e. The van der Waals surface area contributed by atoms with Crippen molar-refractivity contribution in [2.75, 3.05) is 0 Å². The van der Waals surface area contributed by atoms with Gasteiger partial charge in [-0.3, -0.25) is 4.79 Å². The van der Waals surface area contributed by atoms with Gasteiger partial charge in [-0.15, -0.1) is 5.10 Å². The molecule has 0 saturated carbocycles. The van der Waals surface area contributed by atoms with E-state index in [-0.39, 0.29) is 17.2 Å². The number of carbonyl (C=O) groups is 1. The van der Waals surface area contributed by atoms with Gasteiger partial charge < -0.3 is 5.11 Å². The van der Waals surface area contributed by atoms with E-state index in [1.807, 2.05) is 78.9 Å². The monoisotopic (exact) mass is 378 g/mol. The van der Waals surface area contributed by atoms with E-state index in [9.17, 15) is 9.90 Å². The normalized spacial score (nSPS) is 11.8. The number of carbonyl (C=O) groups excluding carboxylic acids is 1. The van der Waals surface area contributed by atoms with Gasteiger partial charge >= 0.3 is 0 Å². The van der Waals surface area contributed by atoms with Crippen molar-refractivity contribution in [1.29, 1.82) is 0 Å². The predicted octanol–water partition coefficient (Wildman–Crippen LogP) is 5.25. The van der Waals surface area contributed by atoms with Crippen LogP contribution in [0.3, 0.4) is 0 Å². The molecule has 0 amide bonds. The second-order valence-corrected chi connectivity index (χ2v) is 6.47. The molecule has 0 aliphatic rings. The molecule has 0 saturated heterocycles. The first-order valence-corrected chi connectivity index (χ1v) is 9.21. The van der Waals surface area contributed by atoms with Gasteiger partial charge in [0.15, 0.2) is 0 Å². The molecule has 4 nitrogen and oxygen atoms in total. The molecular weight excluding hydrogens is 360 g/mol. The summed E-state index contributed by atoms with van der Waals surface area (Å²) in [6.45, 7) is 0. The third-order valence-corrected chi connectivity index (χ3v) is 4.59. The molecule has 0 atom stereocenters. The molecule has 0 bridgehead atoms. The van der Waals surface area contributed by atoms with Crippen molar-refractivity contribution in [3.05, 3.63) is 114 Å². The van der Waals surface area contributed by atoms with Gasteiger partial charge in [-0.1, -0.05) is 91.0 Å². The van der Waals surface area contributed by atoms with Crippen LogP contribution in [0.25, 0.3) is 10.8 Å². The van der Waals surface area contributed by atoms with Crippen LogP contribution in [0, 0.1) is 0 Å². The predicted molar refractivity (Wildman–Crippen MR) is 117 cm³/mol. The van der Waals surface area contributed by atoms with Crippen LogP contribution in [-0.2, 0) is 0 Å². The standard InChI is InChI=1S/C25H18N2O2/c28-23-16-15-18-9-7-8-14-21(18)22(23)17-26-27-24(19-10-3-1-4-11-19)25(29)20-12-5-2-6-13-20/h1-17,28H. The molecule has 0 fully saturated rings. The van der Waals surface area contributed by atoms with E-state index in [0.717, 1.165) is 10.8 Å². The summed E-state index contributed by atoms with van der Waals surface area (Å²) in [7, 11) is 0. The summed E-state index contributed by atoms with van der Waals surface area (Å²) in [5.74, 6) is -0.102. The topological polar surface area (TPSA) is 62.0 Å². The van der Waals surface area contributed by atoms with E-state index in [1.54, 1.807) is 18.2 Å². The number of phenols is 1. The van der Waals surface area contributed by atoms with Gasteiger partial charge in [0.05, 0.1) is 6.21 Å². The highest BCUT2D eigenvalue weighted by atomic mass is 16.3. The lowest BCUT2D eigenvalue weighted by molar-refractivity contribution is 0.106. The fourth-order valence-electron chi connectivity index (χ4n) is 3.12. The first-order valence-electron chi connectivity index (χ1n) is 9.21. The van der Waals surface area contributed by atoms with E-state index < -0.39 is 0 Å². The van der Waals surface area contributed by atoms with Gasteiger partial charge in [0.25, 0.3) is 0 Å². The van der Waals surface area contributed by atoms with Crippen molar-refractivity contribution < 1.29 is 9.90 Å². The Morgan fingerprint density at radius 3 is 2.07 bits per heavy atom. The molecule has 1 N–H and O–H groups in total. The van der Waals surface area contributed by atoms with E-state index in [0.29, 0.717) is 16.7 Å². The molecule has 4 heteroatoms. The van der Waals surface area contributed by atoms with Crippen LogP contribution in [0.5, 0.6) is 5.75 Å². The second kappa shape index (κ2) is 8.31. The molecule has 4 aromatic carbocycles. The number of hydrogen-bond acceptors (Lipinski definition) is 4. The molecule has 0 aliphatic heterocycles. The lowest BCUT2D eigenvalue weighted by atomic mass is 10.0. The average Bonchev–Trinajstić information content (AvgIpc) is 2.79. The SMILES string of the molecule is O=C(C(=NN=Cc1c(O)ccc2ccccc12)c1ccccc1)c1ccccc1. The highest BCUT2D eigenvalue weighted by molar-refractivity contribution is 6.51. The Labute approximate surface area is 168 Å². The molecule has 0 aliphatic carbocycles. The van der Waals surface area contributed by atoms with Crippen molar-refractivity contribution in [3.63, 3.8) is 0 Å². The van der Waals surface area contributed by atoms with Gasteiger partial charge in [-0.05, 0) is 16.8 Å². The largest absolute Gasteiger partial charge is 0.507 e. The van der Waals surface area contributed by atoms with E-state index in [4.69, 9.17) is 0 Å². The third-order valence-electron chi connectivity index (χ3n) is 4.59. The Hall–Kier alpha value is -4.05. The number of nitrogens with zero attached hydrogens (tertiary/aromatic N) is 2. The molecule has 0 radical (unpaired) electrons. The zero-order valence-corrected chi connectivity index (χ0v) is 15.6. The first-order chi connectivity index (χ1) is 14.2. The van der Waals surface area contributed by atoms with Crippen LogP contribution in [0.15, 0.2) is 107 Å². The molecule has 4 rings (SSSR count). The zero-order valence-electron chi connectivity index (χ0n) is 15.6. The maximum atomic E-state index is 13.0. The summed E-state index contributed by atoms with van der Waals surface area (Å²) in [6, 6.07) is 29.4. The number of hydrogen-bond donors (Lipinski definition) is 1. The fourth-order valence-corrected chi connectivity index (χ4v) is 3.12. The number of aromatic hydroxyl groups is 1. The summed E-state index contributed by atoms with van der Waals surface area (Å²) in [6.07, 6.45) is 1.48. The van der Waals surface area contributed by atoms with Gasteiger partial charge in [0, 0.05) is 16.7 Å².